The van der Waals surface area contributed by atoms with Crippen LogP contribution in [0.2, 0.25) is 0 Å². The summed E-state index contributed by atoms with van der Waals surface area (Å²) >= 11 is 0. The van der Waals surface area contributed by atoms with E-state index < -0.39 is 0 Å². The van der Waals surface area contributed by atoms with Crippen LogP contribution >= 0.6 is 0 Å². The third-order valence-corrected chi connectivity index (χ3v) is 4.28. The van der Waals surface area contributed by atoms with Crippen LogP contribution in [0.25, 0.3) is 27.3 Å². The monoisotopic (exact) mass is 336 g/mol. The topological polar surface area (TPSA) is 47.7 Å². The van der Waals surface area contributed by atoms with Gasteiger partial charge in [-0.3, -0.25) is 4.40 Å². The second kappa shape index (κ2) is 6.58. The number of nitrogens with zero attached hydrogens (tertiary/aromatic N) is 3. The first-order chi connectivity index (χ1) is 12.8. The first-order valence-corrected chi connectivity index (χ1v) is 8.23. The molecule has 2 N–H and O–H groups in total. The van der Waals surface area contributed by atoms with E-state index in [1.165, 1.54) is 0 Å². The number of aromatic nitrogens is 2. The van der Waals surface area contributed by atoms with Crippen molar-refractivity contribution in [2.45, 2.75) is 0 Å². The largest absolute Gasteiger partial charge is 0.382 e. The molecule has 0 spiro atoms. The van der Waals surface area contributed by atoms with Crippen molar-refractivity contribution in [3.63, 3.8) is 0 Å². The predicted octanol–water partition coefficient (Wildman–Crippen LogP) is 4.89. The minimum atomic E-state index is 0.490. The Bertz CT molecular complexity index is 1130. The number of imidazole rings is 1. The molecule has 0 aliphatic carbocycles. The van der Waals surface area contributed by atoms with Crippen molar-refractivity contribution in [1.29, 1.82) is 0 Å². The molecule has 2 heterocycles. The Balaban J connectivity index is 1.93. The number of pyridine rings is 1. The number of benzene rings is 2. The predicted molar refractivity (Wildman–Crippen MR) is 105 cm³/mol. The number of anilines is 1. The lowest BCUT2D eigenvalue weighted by Gasteiger charge is -2.10. The number of fused-ring (bicyclic) bond motifs is 1. The average Bonchev–Trinajstić information content (AvgIpc) is 3.02. The van der Waals surface area contributed by atoms with Crippen LogP contribution in [0.3, 0.4) is 0 Å². The van der Waals surface area contributed by atoms with Gasteiger partial charge in [0.05, 0.1) is 12.3 Å². The van der Waals surface area contributed by atoms with E-state index in [1.807, 2.05) is 83.4 Å². The zero-order chi connectivity index (χ0) is 17.9. The molecule has 0 saturated carbocycles. The molecule has 0 saturated heterocycles. The molecule has 0 fully saturated rings. The van der Waals surface area contributed by atoms with E-state index in [9.17, 15) is 0 Å². The first kappa shape index (κ1) is 15.7. The van der Waals surface area contributed by atoms with Crippen LogP contribution in [0.15, 0.2) is 85.2 Å². The van der Waals surface area contributed by atoms with Crippen molar-refractivity contribution in [3.8, 4) is 11.3 Å². The minimum Gasteiger partial charge on any atom is -0.382 e. The fourth-order valence-electron chi connectivity index (χ4n) is 3.10. The van der Waals surface area contributed by atoms with E-state index in [0.717, 1.165) is 33.6 Å². The van der Waals surface area contributed by atoms with Crippen LogP contribution < -0.4 is 5.73 Å². The zero-order valence-electron chi connectivity index (χ0n) is 14.0. The van der Waals surface area contributed by atoms with Gasteiger partial charge in [-0.05, 0) is 22.8 Å². The highest BCUT2D eigenvalue weighted by molar-refractivity contribution is 5.82. The summed E-state index contributed by atoms with van der Waals surface area (Å²) < 4.78 is 1.99. The zero-order valence-corrected chi connectivity index (χ0v) is 14.0. The van der Waals surface area contributed by atoms with Crippen LogP contribution in [0, 0.1) is 6.57 Å². The van der Waals surface area contributed by atoms with Crippen LogP contribution in [-0.2, 0) is 0 Å². The number of hydrogen-bond acceptors (Lipinski definition) is 2. The van der Waals surface area contributed by atoms with E-state index in [2.05, 4.69) is 9.83 Å². The Labute approximate surface area is 151 Å². The molecule has 0 atom stereocenters. The number of nitrogens with two attached hydrogens (primary N) is 1. The SMILES string of the molecule is [C-]#[N+]/C=C(\c1ccccc1)c1ccc2nc(N)c(-c3ccccc3)n2c1. The maximum Gasteiger partial charge on any atom is 0.162 e. The van der Waals surface area contributed by atoms with Gasteiger partial charge in [-0.1, -0.05) is 66.7 Å². The molecule has 4 rings (SSSR count). The molecular formula is C22H16N4. The third kappa shape index (κ3) is 2.72. The minimum absolute atomic E-state index is 0.490. The van der Waals surface area contributed by atoms with E-state index in [4.69, 9.17) is 12.3 Å². The van der Waals surface area contributed by atoms with E-state index in [-0.39, 0.29) is 0 Å². The Morgan fingerprint density at radius 1 is 0.923 bits per heavy atom. The Kier molecular flexibility index (Phi) is 3.97. The van der Waals surface area contributed by atoms with Gasteiger partial charge in [-0.25, -0.2) is 9.83 Å². The van der Waals surface area contributed by atoms with Gasteiger partial charge in [0.2, 0.25) is 0 Å². The summed E-state index contributed by atoms with van der Waals surface area (Å²) in [5, 5.41) is 0. The molecule has 0 aliphatic rings. The van der Waals surface area contributed by atoms with Crippen LogP contribution in [0.4, 0.5) is 5.82 Å². The molecule has 0 amide bonds. The maximum atomic E-state index is 7.29. The van der Waals surface area contributed by atoms with Gasteiger partial charge >= 0.3 is 0 Å². The van der Waals surface area contributed by atoms with E-state index >= 15 is 0 Å². The molecule has 0 aliphatic heterocycles. The van der Waals surface area contributed by atoms with Crippen molar-refractivity contribution in [2.24, 2.45) is 0 Å². The highest BCUT2D eigenvalue weighted by atomic mass is 15.1. The molecular weight excluding hydrogens is 320 g/mol. The Morgan fingerprint density at radius 2 is 1.62 bits per heavy atom. The van der Waals surface area contributed by atoms with Crippen LogP contribution in [0.5, 0.6) is 0 Å². The lowest BCUT2D eigenvalue weighted by molar-refractivity contribution is 1.18. The van der Waals surface area contributed by atoms with Crippen molar-refractivity contribution >= 4 is 17.0 Å². The quantitative estimate of drug-likeness (QED) is 0.541. The highest BCUT2D eigenvalue weighted by Crippen LogP contribution is 2.30. The van der Waals surface area contributed by atoms with Crippen molar-refractivity contribution < 1.29 is 0 Å². The second-order valence-corrected chi connectivity index (χ2v) is 5.90. The van der Waals surface area contributed by atoms with Gasteiger partial charge in [0.25, 0.3) is 0 Å². The molecule has 2 aromatic carbocycles. The summed E-state index contributed by atoms with van der Waals surface area (Å²) in [4.78, 5) is 7.96. The van der Waals surface area contributed by atoms with Gasteiger partial charge in [0.1, 0.15) is 5.65 Å². The first-order valence-electron chi connectivity index (χ1n) is 8.23. The number of hydrogen-bond donors (Lipinski definition) is 1. The maximum absolute atomic E-state index is 7.29. The second-order valence-electron chi connectivity index (χ2n) is 5.90. The molecule has 26 heavy (non-hydrogen) atoms. The third-order valence-electron chi connectivity index (χ3n) is 4.28. The van der Waals surface area contributed by atoms with Crippen molar-refractivity contribution in [1.82, 2.24) is 9.38 Å². The number of rotatable bonds is 3. The summed E-state index contributed by atoms with van der Waals surface area (Å²) in [6.45, 7) is 7.29. The lowest BCUT2D eigenvalue weighted by Crippen LogP contribution is -1.95. The molecule has 2 aromatic heterocycles. The van der Waals surface area contributed by atoms with Crippen LogP contribution in [0.1, 0.15) is 11.1 Å². The van der Waals surface area contributed by atoms with E-state index in [0.29, 0.717) is 5.82 Å². The van der Waals surface area contributed by atoms with E-state index in [1.54, 1.807) is 6.20 Å². The molecule has 0 radical (unpaired) electrons. The normalized spacial score (nSPS) is 11.4. The van der Waals surface area contributed by atoms with Gasteiger partial charge in [0.15, 0.2) is 12.0 Å². The standard InChI is InChI=1S/C22H16N4/c1-24-14-19(16-8-4-2-5-9-16)18-12-13-20-25-22(23)21(26(20)15-18)17-10-6-3-7-11-17/h2-15H,23H2/b19-14+. The van der Waals surface area contributed by atoms with Gasteiger partial charge < -0.3 is 5.73 Å². The summed E-state index contributed by atoms with van der Waals surface area (Å²) in [5.41, 5.74) is 11.6. The van der Waals surface area contributed by atoms with Crippen molar-refractivity contribution in [3.05, 3.63) is 108 Å². The van der Waals surface area contributed by atoms with Gasteiger partial charge in [-0.15, -0.1) is 0 Å². The average molecular weight is 336 g/mol. The number of nitrogen functional groups attached to an aromatic ring is 1. The fraction of sp³-hybridized carbons (Fsp3) is 0. The summed E-state index contributed by atoms with van der Waals surface area (Å²) in [7, 11) is 0. The van der Waals surface area contributed by atoms with Gasteiger partial charge in [-0.2, -0.15) is 0 Å². The fourth-order valence-corrected chi connectivity index (χ4v) is 3.10. The van der Waals surface area contributed by atoms with Crippen molar-refractivity contribution in [2.75, 3.05) is 5.73 Å². The Morgan fingerprint density at radius 3 is 2.31 bits per heavy atom. The molecule has 124 valence electrons. The van der Waals surface area contributed by atoms with Crippen LogP contribution in [-0.4, -0.2) is 9.38 Å². The Hall–Kier alpha value is -3.84. The summed E-state index contributed by atoms with van der Waals surface area (Å²) in [6, 6.07) is 23.8. The summed E-state index contributed by atoms with van der Waals surface area (Å²) in [6.07, 6.45) is 3.55. The molecule has 0 unspecified atom stereocenters. The summed E-state index contributed by atoms with van der Waals surface area (Å²) in [5.74, 6) is 0.490. The lowest BCUT2D eigenvalue weighted by atomic mass is 10.0. The molecule has 4 aromatic rings. The molecule has 4 heteroatoms. The molecule has 4 nitrogen and oxygen atoms in total. The molecule has 0 bridgehead atoms. The smallest absolute Gasteiger partial charge is 0.162 e. The highest BCUT2D eigenvalue weighted by Gasteiger charge is 2.13. The van der Waals surface area contributed by atoms with Gasteiger partial charge in [0, 0.05) is 11.8 Å².